The molecule has 2 heteroatoms. The molecule has 2 aromatic rings. The van der Waals surface area contributed by atoms with E-state index in [1.165, 1.54) is 189 Å². The van der Waals surface area contributed by atoms with Crippen molar-refractivity contribution in [3.8, 4) is 11.1 Å². The molecule has 0 atom stereocenters. The Morgan fingerprint density at radius 2 is 0.565 bits per heavy atom. The summed E-state index contributed by atoms with van der Waals surface area (Å²) < 4.78 is 0. The Labute approximate surface area is 288 Å². The fourth-order valence-electron chi connectivity index (χ4n) is 6.83. The standard InChI is InChI=1S/C44H76N2/c1-5-7-9-11-13-15-17-19-21-23-25-27-37-45(3)39-41-29-33-43(34-30-41)44-35-31-42(32-36-44)40-46(4)38-28-26-24-22-20-18-16-14-12-10-8-6-2/h29-36H,5-28,37-40H2,1-4H3. The van der Waals surface area contributed by atoms with Crippen molar-refractivity contribution >= 4 is 0 Å². The van der Waals surface area contributed by atoms with E-state index >= 15 is 0 Å². The van der Waals surface area contributed by atoms with E-state index in [9.17, 15) is 0 Å². The summed E-state index contributed by atoms with van der Waals surface area (Å²) in [6.07, 6.45) is 34.0. The topological polar surface area (TPSA) is 6.48 Å². The van der Waals surface area contributed by atoms with Gasteiger partial charge in [0.25, 0.3) is 0 Å². The summed E-state index contributed by atoms with van der Waals surface area (Å²) in [5.74, 6) is 0. The van der Waals surface area contributed by atoms with Gasteiger partial charge in [-0.2, -0.15) is 0 Å². The van der Waals surface area contributed by atoms with E-state index in [2.05, 4.69) is 86.3 Å². The largest absolute Gasteiger partial charge is 0.302 e. The van der Waals surface area contributed by atoms with Crippen LogP contribution in [0.3, 0.4) is 0 Å². The number of hydrogen-bond acceptors (Lipinski definition) is 2. The third-order valence-corrected chi connectivity index (χ3v) is 9.93. The maximum Gasteiger partial charge on any atom is 0.0230 e. The van der Waals surface area contributed by atoms with Crippen LogP contribution < -0.4 is 0 Å². The molecule has 2 rings (SSSR count). The van der Waals surface area contributed by atoms with Gasteiger partial charge in [-0.25, -0.2) is 0 Å². The summed E-state index contributed by atoms with van der Waals surface area (Å²) in [4.78, 5) is 4.99. The summed E-state index contributed by atoms with van der Waals surface area (Å²) >= 11 is 0. The number of hydrogen-bond donors (Lipinski definition) is 0. The zero-order valence-corrected chi connectivity index (χ0v) is 31.3. The van der Waals surface area contributed by atoms with Gasteiger partial charge < -0.3 is 9.80 Å². The van der Waals surface area contributed by atoms with Crippen LogP contribution in [0.4, 0.5) is 0 Å². The van der Waals surface area contributed by atoms with Crippen molar-refractivity contribution < 1.29 is 0 Å². The fraction of sp³-hybridized carbons (Fsp3) is 0.727. The van der Waals surface area contributed by atoms with Crippen LogP contribution in [-0.2, 0) is 13.1 Å². The molecule has 0 amide bonds. The van der Waals surface area contributed by atoms with Gasteiger partial charge in [-0.3, -0.25) is 0 Å². The molecule has 0 aliphatic rings. The highest BCUT2D eigenvalue weighted by Gasteiger charge is 2.05. The number of benzene rings is 2. The average Bonchev–Trinajstić information content (AvgIpc) is 3.06. The molecule has 0 aliphatic heterocycles. The van der Waals surface area contributed by atoms with Gasteiger partial charge in [0.2, 0.25) is 0 Å². The molecule has 0 fully saturated rings. The Balaban J connectivity index is 1.51. The average molecular weight is 633 g/mol. The van der Waals surface area contributed by atoms with Crippen molar-refractivity contribution in [3.63, 3.8) is 0 Å². The van der Waals surface area contributed by atoms with E-state index in [0.29, 0.717) is 0 Å². The van der Waals surface area contributed by atoms with Crippen molar-refractivity contribution in [2.24, 2.45) is 0 Å². The highest BCUT2D eigenvalue weighted by atomic mass is 15.1. The first-order chi connectivity index (χ1) is 22.6. The quantitative estimate of drug-likeness (QED) is 0.0763. The minimum atomic E-state index is 1.04. The van der Waals surface area contributed by atoms with Crippen LogP contribution >= 0.6 is 0 Å². The molecule has 2 aromatic carbocycles. The van der Waals surface area contributed by atoms with Crippen LogP contribution in [0.25, 0.3) is 11.1 Å². The van der Waals surface area contributed by atoms with E-state index in [0.717, 1.165) is 13.1 Å². The van der Waals surface area contributed by atoms with Crippen molar-refractivity contribution in [3.05, 3.63) is 59.7 Å². The van der Waals surface area contributed by atoms with Gasteiger partial charge >= 0.3 is 0 Å². The van der Waals surface area contributed by atoms with Crippen molar-refractivity contribution in [1.29, 1.82) is 0 Å². The SMILES string of the molecule is CCCCCCCCCCCCCCN(C)Cc1ccc(-c2ccc(CN(C)CCCCCCCCCCCCCC)cc2)cc1. The summed E-state index contributed by atoms with van der Waals surface area (Å²) in [6, 6.07) is 18.5. The zero-order chi connectivity index (χ0) is 32.9. The maximum absolute atomic E-state index is 2.49. The highest BCUT2D eigenvalue weighted by molar-refractivity contribution is 5.63. The molecule has 0 bridgehead atoms. The molecule has 2 nitrogen and oxygen atoms in total. The number of rotatable bonds is 31. The lowest BCUT2D eigenvalue weighted by Gasteiger charge is -2.17. The Kier molecular flexibility index (Phi) is 25.0. The third-order valence-electron chi connectivity index (χ3n) is 9.93. The highest BCUT2D eigenvalue weighted by Crippen LogP contribution is 2.22. The van der Waals surface area contributed by atoms with Crippen LogP contribution in [0, 0.1) is 0 Å². The van der Waals surface area contributed by atoms with Gasteiger partial charge in [0.15, 0.2) is 0 Å². The first-order valence-electron chi connectivity index (χ1n) is 20.2. The molecule has 0 spiro atoms. The van der Waals surface area contributed by atoms with Crippen LogP contribution in [0.1, 0.15) is 179 Å². The van der Waals surface area contributed by atoms with E-state index in [-0.39, 0.29) is 0 Å². The predicted molar refractivity (Wildman–Crippen MR) is 207 cm³/mol. The molecule has 0 N–H and O–H groups in total. The summed E-state index contributed by atoms with van der Waals surface area (Å²) in [5.41, 5.74) is 5.48. The molecular weight excluding hydrogens is 556 g/mol. The smallest absolute Gasteiger partial charge is 0.0230 e. The third kappa shape index (κ3) is 21.3. The molecule has 0 unspecified atom stereocenters. The first kappa shape index (κ1) is 40.5. The molecule has 0 heterocycles. The van der Waals surface area contributed by atoms with Crippen molar-refractivity contribution in [2.75, 3.05) is 27.2 Å². The first-order valence-corrected chi connectivity index (χ1v) is 20.2. The predicted octanol–water partition coefficient (Wildman–Crippen LogP) is 13.6. The number of nitrogens with zero attached hydrogens (tertiary/aromatic N) is 2. The Hall–Kier alpha value is -1.64. The molecule has 46 heavy (non-hydrogen) atoms. The second-order valence-corrected chi connectivity index (χ2v) is 14.6. The second-order valence-electron chi connectivity index (χ2n) is 14.6. The molecule has 0 radical (unpaired) electrons. The lowest BCUT2D eigenvalue weighted by molar-refractivity contribution is 0.316. The monoisotopic (exact) mass is 633 g/mol. The van der Waals surface area contributed by atoms with Gasteiger partial charge in [-0.1, -0.05) is 204 Å². The van der Waals surface area contributed by atoms with E-state index < -0.39 is 0 Å². The van der Waals surface area contributed by atoms with Gasteiger partial charge in [0.1, 0.15) is 0 Å². The minimum Gasteiger partial charge on any atom is -0.302 e. The normalized spacial score (nSPS) is 11.7. The van der Waals surface area contributed by atoms with Crippen LogP contribution in [-0.4, -0.2) is 37.0 Å². The zero-order valence-electron chi connectivity index (χ0n) is 31.3. The van der Waals surface area contributed by atoms with Gasteiger partial charge in [-0.05, 0) is 62.3 Å². The fourth-order valence-corrected chi connectivity index (χ4v) is 6.83. The van der Waals surface area contributed by atoms with E-state index in [1.54, 1.807) is 0 Å². The summed E-state index contributed by atoms with van der Waals surface area (Å²) in [7, 11) is 4.56. The Morgan fingerprint density at radius 1 is 0.326 bits per heavy atom. The van der Waals surface area contributed by atoms with E-state index in [1.807, 2.05) is 0 Å². The lowest BCUT2D eigenvalue weighted by Crippen LogP contribution is -2.19. The molecule has 262 valence electrons. The minimum absolute atomic E-state index is 1.04. The Bertz CT molecular complexity index is 840. The molecule has 0 aromatic heterocycles. The molecule has 0 aliphatic carbocycles. The molecule has 0 saturated heterocycles. The summed E-state index contributed by atoms with van der Waals surface area (Å²) in [5, 5.41) is 0. The number of unbranched alkanes of at least 4 members (excludes halogenated alkanes) is 22. The van der Waals surface area contributed by atoms with E-state index in [4.69, 9.17) is 0 Å². The van der Waals surface area contributed by atoms with Crippen LogP contribution in [0.5, 0.6) is 0 Å². The van der Waals surface area contributed by atoms with Crippen molar-refractivity contribution in [2.45, 2.75) is 181 Å². The Morgan fingerprint density at radius 3 is 0.826 bits per heavy atom. The van der Waals surface area contributed by atoms with Crippen LogP contribution in [0.15, 0.2) is 48.5 Å². The van der Waals surface area contributed by atoms with Crippen LogP contribution in [0.2, 0.25) is 0 Å². The summed E-state index contributed by atoms with van der Waals surface area (Å²) in [6.45, 7) is 9.09. The molecular formula is C44H76N2. The van der Waals surface area contributed by atoms with Gasteiger partial charge in [-0.15, -0.1) is 0 Å². The van der Waals surface area contributed by atoms with Gasteiger partial charge in [0, 0.05) is 13.1 Å². The van der Waals surface area contributed by atoms with Crippen molar-refractivity contribution in [1.82, 2.24) is 9.80 Å². The maximum atomic E-state index is 2.49. The van der Waals surface area contributed by atoms with Gasteiger partial charge in [0.05, 0.1) is 0 Å². The lowest BCUT2D eigenvalue weighted by atomic mass is 10.0. The molecule has 0 saturated carbocycles. The second kappa shape index (κ2) is 28.4.